The number of hydrogen-bond acceptors (Lipinski definition) is 3. The fraction of sp³-hybridized carbons (Fsp3) is 0.188. The molecule has 0 spiro atoms. The van der Waals surface area contributed by atoms with Crippen molar-refractivity contribution in [1.29, 1.82) is 0 Å². The maximum Gasteiger partial charge on any atom is 0.255 e. The van der Waals surface area contributed by atoms with Gasteiger partial charge < -0.3 is 15.8 Å². The minimum atomic E-state index is -0.489. The number of anilines is 1. The van der Waals surface area contributed by atoms with E-state index in [1.54, 1.807) is 6.07 Å². The first-order valence-corrected chi connectivity index (χ1v) is 7.37. The molecule has 0 radical (unpaired) electrons. The van der Waals surface area contributed by atoms with Crippen molar-refractivity contribution in [2.45, 2.75) is 13.0 Å². The van der Waals surface area contributed by atoms with Crippen LogP contribution < -0.4 is 15.8 Å². The predicted octanol–water partition coefficient (Wildman–Crippen LogP) is 3.49. The summed E-state index contributed by atoms with van der Waals surface area (Å²) in [4.78, 5) is 10.7. The Kier molecular flexibility index (Phi) is 5.22. The van der Waals surface area contributed by atoms with Gasteiger partial charge in [-0.25, -0.2) is 0 Å². The highest BCUT2D eigenvalue weighted by Crippen LogP contribution is 2.23. The van der Waals surface area contributed by atoms with E-state index in [4.69, 9.17) is 10.5 Å². The van der Waals surface area contributed by atoms with Crippen LogP contribution in [0.4, 0.5) is 5.69 Å². The Hall–Kier alpha value is -2.01. The molecule has 2 aromatic carbocycles. The van der Waals surface area contributed by atoms with Gasteiger partial charge >= 0.3 is 0 Å². The van der Waals surface area contributed by atoms with Gasteiger partial charge in [-0.1, -0.05) is 34.1 Å². The normalized spacial score (nSPS) is 11.7. The average Bonchev–Trinajstić information content (AvgIpc) is 2.46. The molecule has 110 valence electrons. The summed E-state index contributed by atoms with van der Waals surface area (Å²) in [5.41, 5.74) is 7.17. The number of nitrogens with one attached hydrogen (secondary N) is 1. The molecule has 1 amide bonds. The fourth-order valence-corrected chi connectivity index (χ4v) is 2.18. The number of nitrogens with two attached hydrogens (primary N) is 1. The van der Waals surface area contributed by atoms with Gasteiger partial charge in [0.25, 0.3) is 5.91 Å². The molecule has 0 heterocycles. The molecule has 4 nitrogen and oxygen atoms in total. The van der Waals surface area contributed by atoms with Crippen LogP contribution in [0.3, 0.4) is 0 Å². The third-order valence-corrected chi connectivity index (χ3v) is 3.50. The molecule has 0 aromatic heterocycles. The Morgan fingerprint density at radius 2 is 2.00 bits per heavy atom. The maximum atomic E-state index is 10.7. The lowest BCUT2D eigenvalue weighted by Crippen LogP contribution is -2.20. The van der Waals surface area contributed by atoms with E-state index in [2.05, 4.69) is 40.3 Å². The number of primary amides is 1. The van der Waals surface area contributed by atoms with Crippen LogP contribution in [-0.2, 0) is 4.79 Å². The molecule has 2 rings (SSSR count). The molecule has 3 N–H and O–H groups in total. The van der Waals surface area contributed by atoms with Crippen molar-refractivity contribution in [3.8, 4) is 5.75 Å². The fourth-order valence-electron chi connectivity index (χ4n) is 1.91. The van der Waals surface area contributed by atoms with Crippen LogP contribution in [0.1, 0.15) is 18.5 Å². The number of halogens is 1. The summed E-state index contributed by atoms with van der Waals surface area (Å²) in [5.74, 6) is 0.124. The second-order valence-corrected chi connectivity index (χ2v) is 5.62. The third kappa shape index (κ3) is 4.79. The molecule has 1 atom stereocenters. The summed E-state index contributed by atoms with van der Waals surface area (Å²) in [6.45, 7) is 1.96. The Bertz CT molecular complexity index is 614. The zero-order chi connectivity index (χ0) is 15.2. The molecule has 5 heteroatoms. The van der Waals surface area contributed by atoms with E-state index < -0.39 is 5.91 Å². The lowest BCUT2D eigenvalue weighted by molar-refractivity contribution is -0.119. The van der Waals surface area contributed by atoms with E-state index in [1.165, 1.54) is 5.56 Å². The summed E-state index contributed by atoms with van der Waals surface area (Å²) in [5, 5.41) is 3.39. The first kappa shape index (κ1) is 15.4. The number of carbonyl (C=O) groups is 1. The first-order valence-electron chi connectivity index (χ1n) is 6.58. The van der Waals surface area contributed by atoms with E-state index >= 15 is 0 Å². The van der Waals surface area contributed by atoms with Crippen LogP contribution in [0.5, 0.6) is 5.75 Å². The Morgan fingerprint density at radius 3 is 2.67 bits per heavy atom. The largest absolute Gasteiger partial charge is 0.484 e. The van der Waals surface area contributed by atoms with Crippen LogP contribution >= 0.6 is 15.9 Å². The minimum Gasteiger partial charge on any atom is -0.484 e. The second kappa shape index (κ2) is 7.13. The highest BCUT2D eigenvalue weighted by Gasteiger charge is 2.06. The number of benzene rings is 2. The van der Waals surface area contributed by atoms with Crippen molar-refractivity contribution in [3.63, 3.8) is 0 Å². The molecular weight excluding hydrogens is 332 g/mol. The summed E-state index contributed by atoms with van der Waals surface area (Å²) in [7, 11) is 0. The standard InChI is InChI=1S/C16H17BrN2O2/c1-11(12-5-7-13(17)8-6-12)19-14-3-2-4-15(9-14)21-10-16(18)20/h2-9,11,19H,10H2,1H3,(H2,18,20). The van der Waals surface area contributed by atoms with Crippen molar-refractivity contribution in [1.82, 2.24) is 0 Å². The lowest BCUT2D eigenvalue weighted by Gasteiger charge is -2.16. The van der Waals surface area contributed by atoms with Crippen molar-refractivity contribution >= 4 is 27.5 Å². The van der Waals surface area contributed by atoms with Gasteiger partial charge in [0.2, 0.25) is 0 Å². The smallest absolute Gasteiger partial charge is 0.255 e. The van der Waals surface area contributed by atoms with Crippen LogP contribution in [-0.4, -0.2) is 12.5 Å². The van der Waals surface area contributed by atoms with E-state index in [-0.39, 0.29) is 12.6 Å². The molecule has 0 fully saturated rings. The van der Waals surface area contributed by atoms with E-state index in [9.17, 15) is 4.79 Å². The van der Waals surface area contributed by atoms with Gasteiger partial charge in [0, 0.05) is 22.3 Å². The molecule has 0 saturated carbocycles. The SMILES string of the molecule is CC(Nc1cccc(OCC(N)=O)c1)c1ccc(Br)cc1. The monoisotopic (exact) mass is 348 g/mol. The van der Waals surface area contributed by atoms with Crippen LogP contribution in [0, 0.1) is 0 Å². The van der Waals surface area contributed by atoms with E-state index in [0.717, 1.165) is 10.2 Å². The van der Waals surface area contributed by atoms with Crippen molar-refractivity contribution < 1.29 is 9.53 Å². The van der Waals surface area contributed by atoms with Gasteiger partial charge in [-0.3, -0.25) is 4.79 Å². The van der Waals surface area contributed by atoms with Crippen molar-refractivity contribution in [3.05, 3.63) is 58.6 Å². The zero-order valence-corrected chi connectivity index (χ0v) is 13.3. The van der Waals surface area contributed by atoms with Crippen molar-refractivity contribution in [2.24, 2.45) is 5.73 Å². The minimum absolute atomic E-state index is 0.119. The topological polar surface area (TPSA) is 64.3 Å². The van der Waals surface area contributed by atoms with Gasteiger partial charge in [-0.2, -0.15) is 0 Å². The number of rotatable bonds is 6. The van der Waals surface area contributed by atoms with Gasteiger partial charge in [0.05, 0.1) is 0 Å². The molecule has 0 aliphatic heterocycles. The molecular formula is C16H17BrN2O2. The molecule has 0 saturated heterocycles. The summed E-state index contributed by atoms with van der Waals surface area (Å²) in [6.07, 6.45) is 0. The molecule has 1 unspecified atom stereocenters. The molecule has 0 bridgehead atoms. The molecule has 2 aromatic rings. The number of carbonyl (C=O) groups excluding carboxylic acids is 1. The highest BCUT2D eigenvalue weighted by molar-refractivity contribution is 9.10. The number of hydrogen-bond donors (Lipinski definition) is 2. The summed E-state index contributed by atoms with van der Waals surface area (Å²) >= 11 is 3.43. The number of amides is 1. The predicted molar refractivity (Wildman–Crippen MR) is 87.3 cm³/mol. The van der Waals surface area contributed by atoms with E-state index in [1.807, 2.05) is 30.3 Å². The van der Waals surface area contributed by atoms with Crippen LogP contribution in [0.2, 0.25) is 0 Å². The number of ether oxygens (including phenoxy) is 1. The van der Waals surface area contributed by atoms with Gasteiger partial charge in [0.15, 0.2) is 6.61 Å². The first-order chi connectivity index (χ1) is 10.0. The highest BCUT2D eigenvalue weighted by atomic mass is 79.9. The van der Waals surface area contributed by atoms with E-state index in [0.29, 0.717) is 5.75 Å². The zero-order valence-electron chi connectivity index (χ0n) is 11.7. The molecule has 0 aliphatic rings. The van der Waals surface area contributed by atoms with Crippen molar-refractivity contribution in [2.75, 3.05) is 11.9 Å². The second-order valence-electron chi connectivity index (χ2n) is 4.70. The summed E-state index contributed by atoms with van der Waals surface area (Å²) < 4.78 is 6.35. The third-order valence-electron chi connectivity index (χ3n) is 2.97. The Morgan fingerprint density at radius 1 is 1.29 bits per heavy atom. The van der Waals surface area contributed by atoms with Gasteiger partial charge in [0.1, 0.15) is 5.75 Å². The quantitative estimate of drug-likeness (QED) is 0.839. The summed E-state index contributed by atoms with van der Waals surface area (Å²) in [6, 6.07) is 15.8. The van der Waals surface area contributed by atoms with Gasteiger partial charge in [-0.05, 0) is 36.8 Å². The molecule has 0 aliphatic carbocycles. The van der Waals surface area contributed by atoms with Crippen LogP contribution in [0.15, 0.2) is 53.0 Å². The van der Waals surface area contributed by atoms with Gasteiger partial charge in [-0.15, -0.1) is 0 Å². The lowest BCUT2D eigenvalue weighted by atomic mass is 10.1. The Balaban J connectivity index is 2.03. The average molecular weight is 349 g/mol. The van der Waals surface area contributed by atoms with Crippen LogP contribution in [0.25, 0.3) is 0 Å². The maximum absolute atomic E-state index is 10.7. The Labute approximate surface area is 132 Å². The molecule has 21 heavy (non-hydrogen) atoms.